The lowest BCUT2D eigenvalue weighted by Crippen LogP contribution is -2.07. The van der Waals surface area contributed by atoms with E-state index >= 15 is 0 Å². The number of benzene rings is 1. The van der Waals surface area contributed by atoms with Crippen molar-refractivity contribution in [1.29, 1.82) is 0 Å². The van der Waals surface area contributed by atoms with Crippen LogP contribution in [0.15, 0.2) is 30.3 Å². The van der Waals surface area contributed by atoms with Crippen LogP contribution in [0, 0.1) is 6.92 Å². The van der Waals surface area contributed by atoms with E-state index in [0.29, 0.717) is 19.3 Å². The zero-order valence-electron chi connectivity index (χ0n) is 18.6. The molecule has 0 aliphatic rings. The molecule has 2 N–H and O–H groups in total. The summed E-state index contributed by atoms with van der Waals surface area (Å²) in [5.74, 6) is 1.10. The van der Waals surface area contributed by atoms with Crippen LogP contribution in [0.5, 0.6) is 5.75 Å². The van der Waals surface area contributed by atoms with Crippen molar-refractivity contribution < 1.29 is 14.2 Å². The van der Waals surface area contributed by atoms with Gasteiger partial charge in [0.1, 0.15) is 13.4 Å². The molecular weight excluding hydrogens is 378 g/mol. The molecule has 0 aliphatic heterocycles. The average Bonchev–Trinajstić information content (AvgIpc) is 2.74. The van der Waals surface area contributed by atoms with E-state index in [9.17, 15) is 0 Å². The average molecular weight is 416 g/mol. The highest BCUT2D eigenvalue weighted by atomic mass is 16.7. The molecule has 2 rings (SSSR count). The smallest absolute Gasteiger partial charge is 0.220 e. The fourth-order valence-corrected chi connectivity index (χ4v) is 3.43. The van der Waals surface area contributed by atoms with E-state index in [0.717, 1.165) is 48.6 Å². The second-order valence-corrected chi connectivity index (χ2v) is 7.61. The molecule has 0 radical (unpaired) electrons. The predicted octanol–water partition coefficient (Wildman–Crippen LogP) is 5.23. The van der Waals surface area contributed by atoms with Crippen molar-refractivity contribution in [3.8, 4) is 5.75 Å². The summed E-state index contributed by atoms with van der Waals surface area (Å²) in [7, 11) is 1.65. The van der Waals surface area contributed by atoms with Crippen LogP contribution in [0.1, 0.15) is 68.3 Å². The van der Waals surface area contributed by atoms with Crippen molar-refractivity contribution in [2.24, 2.45) is 0 Å². The van der Waals surface area contributed by atoms with Crippen molar-refractivity contribution in [3.63, 3.8) is 0 Å². The number of nitrogens with two attached hydrogens (primary N) is 1. The van der Waals surface area contributed by atoms with E-state index in [-0.39, 0.29) is 0 Å². The molecule has 1 heterocycles. The van der Waals surface area contributed by atoms with Crippen molar-refractivity contribution in [2.45, 2.75) is 71.3 Å². The number of rotatable bonds is 16. The highest BCUT2D eigenvalue weighted by Gasteiger charge is 2.12. The van der Waals surface area contributed by atoms with Gasteiger partial charge in [0.2, 0.25) is 5.95 Å². The minimum Gasteiger partial charge on any atom is -0.485 e. The molecule has 0 amide bonds. The summed E-state index contributed by atoms with van der Waals surface area (Å²) in [5, 5.41) is 0. The topological polar surface area (TPSA) is 79.5 Å². The maximum absolute atomic E-state index is 6.07. The summed E-state index contributed by atoms with van der Waals surface area (Å²) in [6.07, 6.45) is 10.6. The molecule has 0 bridgehead atoms. The third-order valence-corrected chi connectivity index (χ3v) is 5.00. The molecule has 6 nitrogen and oxygen atoms in total. The quantitative estimate of drug-likeness (QED) is 0.299. The van der Waals surface area contributed by atoms with Gasteiger partial charge in [0, 0.05) is 13.7 Å². The van der Waals surface area contributed by atoms with Crippen LogP contribution >= 0.6 is 0 Å². The Bertz CT molecular complexity index is 710. The van der Waals surface area contributed by atoms with E-state index < -0.39 is 0 Å². The van der Waals surface area contributed by atoms with Crippen molar-refractivity contribution in [2.75, 3.05) is 26.2 Å². The Kier molecular flexibility index (Phi) is 11.8. The molecule has 0 spiro atoms. The van der Waals surface area contributed by atoms with Crippen LogP contribution in [0.25, 0.3) is 0 Å². The number of nitrogen functional groups attached to an aromatic ring is 1. The van der Waals surface area contributed by atoms with Gasteiger partial charge in [0.15, 0.2) is 5.75 Å². The Morgan fingerprint density at radius 3 is 2.23 bits per heavy atom. The zero-order chi connectivity index (χ0) is 21.4. The van der Waals surface area contributed by atoms with Crippen LogP contribution in [-0.4, -0.2) is 30.5 Å². The van der Waals surface area contributed by atoms with Crippen molar-refractivity contribution in [3.05, 3.63) is 47.3 Å². The van der Waals surface area contributed by atoms with Crippen molar-refractivity contribution >= 4 is 5.95 Å². The number of unbranched alkanes of at least 4 members (excludes halogenated alkanes) is 7. The van der Waals surface area contributed by atoms with Gasteiger partial charge < -0.3 is 19.9 Å². The molecule has 0 fully saturated rings. The van der Waals surface area contributed by atoms with Gasteiger partial charge in [-0.05, 0) is 31.7 Å². The summed E-state index contributed by atoms with van der Waals surface area (Å²) in [5.41, 5.74) is 8.74. The monoisotopic (exact) mass is 415 g/mol. The summed E-state index contributed by atoms with van der Waals surface area (Å²) < 4.78 is 16.2. The lowest BCUT2D eigenvalue weighted by atomic mass is 10.1. The van der Waals surface area contributed by atoms with Gasteiger partial charge >= 0.3 is 0 Å². The van der Waals surface area contributed by atoms with Crippen LogP contribution in [-0.2, 0) is 22.5 Å². The summed E-state index contributed by atoms with van der Waals surface area (Å²) >= 11 is 0. The minimum absolute atomic E-state index is 0.323. The molecule has 0 atom stereocenters. The number of nitrogens with zero attached hydrogens (tertiary/aromatic N) is 2. The first-order valence-electron chi connectivity index (χ1n) is 11.1. The molecule has 0 aliphatic carbocycles. The van der Waals surface area contributed by atoms with E-state index in [1.54, 1.807) is 7.11 Å². The second-order valence-electron chi connectivity index (χ2n) is 7.61. The van der Waals surface area contributed by atoms with Gasteiger partial charge in [-0.2, -0.15) is 0 Å². The number of methoxy groups -OCH3 is 1. The van der Waals surface area contributed by atoms with Gasteiger partial charge in [-0.25, -0.2) is 9.97 Å². The Morgan fingerprint density at radius 2 is 1.53 bits per heavy atom. The summed E-state index contributed by atoms with van der Waals surface area (Å²) in [6, 6.07) is 10.1. The Morgan fingerprint density at radius 1 is 0.867 bits per heavy atom. The number of aromatic nitrogens is 2. The fourth-order valence-electron chi connectivity index (χ4n) is 3.43. The molecule has 1 aromatic heterocycles. The number of aryl methyl sites for hydroxylation is 2. The third kappa shape index (κ3) is 9.55. The Balaban J connectivity index is 1.66. The van der Waals surface area contributed by atoms with Crippen LogP contribution in [0.4, 0.5) is 5.95 Å². The molecule has 1 aromatic carbocycles. The number of hydrogen-bond acceptors (Lipinski definition) is 6. The largest absolute Gasteiger partial charge is 0.485 e. The molecule has 0 saturated heterocycles. The van der Waals surface area contributed by atoms with Gasteiger partial charge in [-0.3, -0.25) is 0 Å². The lowest BCUT2D eigenvalue weighted by Gasteiger charge is -2.13. The first-order chi connectivity index (χ1) is 14.7. The second kappa shape index (κ2) is 14.7. The first-order valence-corrected chi connectivity index (χ1v) is 11.1. The molecule has 2 aromatic rings. The molecule has 30 heavy (non-hydrogen) atoms. The summed E-state index contributed by atoms with van der Waals surface area (Å²) in [6.45, 7) is 3.64. The predicted molar refractivity (Wildman–Crippen MR) is 120 cm³/mol. The third-order valence-electron chi connectivity index (χ3n) is 5.00. The van der Waals surface area contributed by atoms with Crippen LogP contribution in [0.2, 0.25) is 0 Å². The van der Waals surface area contributed by atoms with Gasteiger partial charge in [0.05, 0.1) is 11.4 Å². The first kappa shape index (κ1) is 24.1. The SMILES string of the molecule is COCOCCCCCCCCCCc1nc(N)nc(C)c1OCc1ccccc1. The number of anilines is 1. The molecule has 0 saturated carbocycles. The van der Waals surface area contributed by atoms with Crippen LogP contribution in [0.3, 0.4) is 0 Å². The maximum atomic E-state index is 6.07. The maximum Gasteiger partial charge on any atom is 0.220 e. The summed E-state index contributed by atoms with van der Waals surface area (Å²) in [4.78, 5) is 8.74. The lowest BCUT2D eigenvalue weighted by molar-refractivity contribution is -0.0315. The Labute approximate surface area is 181 Å². The highest BCUT2D eigenvalue weighted by Crippen LogP contribution is 2.24. The van der Waals surface area contributed by atoms with E-state index in [4.69, 9.17) is 19.9 Å². The number of hydrogen-bond donors (Lipinski definition) is 1. The standard InChI is InChI=1S/C24H37N3O3/c1-20-23(30-18-21-14-10-9-11-15-21)22(27-24(25)26-20)16-12-7-5-3-4-6-8-13-17-29-19-28-2/h9-11,14-15H,3-8,12-13,16-19H2,1-2H3,(H2,25,26,27). The Hall–Kier alpha value is -2.18. The minimum atomic E-state index is 0.323. The van der Waals surface area contributed by atoms with Crippen LogP contribution < -0.4 is 10.5 Å². The van der Waals surface area contributed by atoms with Crippen molar-refractivity contribution in [1.82, 2.24) is 9.97 Å². The zero-order valence-corrected chi connectivity index (χ0v) is 18.6. The van der Waals surface area contributed by atoms with Gasteiger partial charge in [0.25, 0.3) is 0 Å². The van der Waals surface area contributed by atoms with E-state index in [2.05, 4.69) is 22.1 Å². The normalized spacial score (nSPS) is 11.0. The van der Waals surface area contributed by atoms with E-state index in [1.165, 1.54) is 38.5 Å². The molecule has 166 valence electrons. The van der Waals surface area contributed by atoms with E-state index in [1.807, 2.05) is 25.1 Å². The number of ether oxygens (including phenoxy) is 3. The molecule has 0 unspecified atom stereocenters. The van der Waals surface area contributed by atoms with Gasteiger partial charge in [-0.1, -0.05) is 68.9 Å². The molecule has 6 heteroatoms. The van der Waals surface area contributed by atoms with Gasteiger partial charge in [-0.15, -0.1) is 0 Å². The molecular formula is C24H37N3O3. The highest BCUT2D eigenvalue weighted by molar-refractivity contribution is 5.37. The fraction of sp³-hybridized carbons (Fsp3) is 0.583.